The van der Waals surface area contributed by atoms with E-state index >= 15 is 0 Å². The number of aromatic nitrogens is 3. The van der Waals surface area contributed by atoms with E-state index in [0.29, 0.717) is 30.1 Å². The van der Waals surface area contributed by atoms with Crippen molar-refractivity contribution in [2.45, 2.75) is 77.7 Å². The van der Waals surface area contributed by atoms with Crippen molar-refractivity contribution in [1.82, 2.24) is 19.7 Å². The fourth-order valence-electron chi connectivity index (χ4n) is 4.36. The zero-order chi connectivity index (χ0) is 19.8. The van der Waals surface area contributed by atoms with Gasteiger partial charge in [-0.25, -0.2) is 0 Å². The number of hydrogen-bond donors (Lipinski definition) is 0. The Kier molecular flexibility index (Phi) is 5.43. The highest BCUT2D eigenvalue weighted by atomic mass is 35.5. The van der Waals surface area contributed by atoms with Crippen molar-refractivity contribution in [3.63, 3.8) is 0 Å². The maximum Gasteiger partial charge on any atom is 0.220 e. The van der Waals surface area contributed by atoms with E-state index in [1.165, 1.54) is 0 Å². The quantitative estimate of drug-likeness (QED) is 0.770. The maximum absolute atomic E-state index is 12.1. The second-order valence-corrected chi connectivity index (χ2v) is 8.55. The first-order valence-electron chi connectivity index (χ1n) is 10.1. The van der Waals surface area contributed by atoms with Crippen LogP contribution < -0.4 is 0 Å². The third-order valence-electron chi connectivity index (χ3n) is 5.68. The first-order valence-corrected chi connectivity index (χ1v) is 10.4. The minimum absolute atomic E-state index is 0.0234. The molecule has 4 rings (SSSR count). The van der Waals surface area contributed by atoms with Gasteiger partial charge in [0.25, 0.3) is 0 Å². The van der Waals surface area contributed by atoms with Crippen molar-refractivity contribution in [3.05, 3.63) is 40.4 Å². The van der Waals surface area contributed by atoms with Crippen LogP contribution in [0.25, 0.3) is 5.69 Å². The summed E-state index contributed by atoms with van der Waals surface area (Å²) in [5.74, 6) is 2.18. The molecule has 1 amide bonds. The summed E-state index contributed by atoms with van der Waals surface area (Å²) in [6.07, 6.45) is 4.75. The van der Waals surface area contributed by atoms with E-state index in [1.807, 2.05) is 18.2 Å². The molecule has 1 aliphatic carbocycles. The highest BCUT2D eigenvalue weighted by molar-refractivity contribution is 6.30. The molecule has 0 atom stereocenters. The van der Waals surface area contributed by atoms with E-state index in [1.54, 1.807) is 11.8 Å². The van der Waals surface area contributed by atoms with Crippen LogP contribution >= 0.6 is 11.6 Å². The van der Waals surface area contributed by atoms with E-state index in [4.69, 9.17) is 16.3 Å². The van der Waals surface area contributed by atoms with Crippen LogP contribution in [0.15, 0.2) is 18.2 Å². The van der Waals surface area contributed by atoms with Crippen molar-refractivity contribution in [2.24, 2.45) is 0 Å². The van der Waals surface area contributed by atoms with E-state index in [-0.39, 0.29) is 12.0 Å². The molecule has 7 heteroatoms. The fourth-order valence-corrected chi connectivity index (χ4v) is 4.55. The molecule has 1 aromatic heterocycles. The van der Waals surface area contributed by atoms with Crippen molar-refractivity contribution in [2.75, 3.05) is 0 Å². The van der Waals surface area contributed by atoms with Crippen LogP contribution in [-0.2, 0) is 22.6 Å². The maximum atomic E-state index is 12.1. The monoisotopic (exact) mass is 402 g/mol. The Morgan fingerprint density at radius 1 is 1.18 bits per heavy atom. The standard InChI is InChI=1S/C21H27ClN4O2/c1-13(2)28-18-7-4-15(5-8-18)21-24-23-20-12-25(14(3)27)11-16-10-17(22)6-9-19(16)26(20)21/h6,9-10,13,15,18H,4-5,7-8,11-12H2,1-3H3/t15-,18-. The number of nitrogens with zero attached hydrogens (tertiary/aromatic N) is 4. The van der Waals surface area contributed by atoms with Gasteiger partial charge in [0.05, 0.1) is 24.4 Å². The fraction of sp³-hybridized carbons (Fsp3) is 0.571. The van der Waals surface area contributed by atoms with Gasteiger partial charge in [-0.3, -0.25) is 9.36 Å². The summed E-state index contributed by atoms with van der Waals surface area (Å²) in [5, 5.41) is 9.71. The molecule has 1 fully saturated rings. The summed E-state index contributed by atoms with van der Waals surface area (Å²) < 4.78 is 8.15. The topological polar surface area (TPSA) is 60.2 Å². The molecule has 0 saturated heterocycles. The molecule has 1 aromatic carbocycles. The number of rotatable bonds is 3. The Morgan fingerprint density at radius 2 is 1.93 bits per heavy atom. The lowest BCUT2D eigenvalue weighted by Gasteiger charge is -2.29. The molecule has 2 heterocycles. The Morgan fingerprint density at radius 3 is 2.61 bits per heavy atom. The highest BCUT2D eigenvalue weighted by Gasteiger charge is 2.31. The van der Waals surface area contributed by atoms with Gasteiger partial charge in [-0.15, -0.1) is 10.2 Å². The van der Waals surface area contributed by atoms with Crippen LogP contribution in [-0.4, -0.2) is 37.8 Å². The van der Waals surface area contributed by atoms with Crippen molar-refractivity contribution in [3.8, 4) is 5.69 Å². The Bertz CT molecular complexity index is 871. The molecule has 2 aromatic rings. The zero-order valence-electron chi connectivity index (χ0n) is 16.7. The van der Waals surface area contributed by atoms with Crippen LogP contribution in [0, 0.1) is 0 Å². The number of benzene rings is 1. The lowest BCUT2D eigenvalue weighted by Crippen LogP contribution is -2.27. The number of amides is 1. The number of carbonyl (C=O) groups excluding carboxylic acids is 1. The molecule has 0 unspecified atom stereocenters. The van der Waals surface area contributed by atoms with Crippen LogP contribution in [0.5, 0.6) is 0 Å². The van der Waals surface area contributed by atoms with Crippen molar-refractivity contribution in [1.29, 1.82) is 0 Å². The molecule has 1 aliphatic heterocycles. The molecule has 6 nitrogen and oxygen atoms in total. The minimum atomic E-state index is 0.0234. The molecule has 0 N–H and O–H groups in total. The molecule has 150 valence electrons. The Labute approximate surface area is 170 Å². The average molecular weight is 403 g/mol. The third-order valence-corrected chi connectivity index (χ3v) is 5.92. The van der Waals surface area contributed by atoms with Gasteiger partial charge in [-0.1, -0.05) is 11.6 Å². The molecule has 0 spiro atoms. The third kappa shape index (κ3) is 3.80. The number of carbonyl (C=O) groups is 1. The average Bonchev–Trinajstić information content (AvgIpc) is 2.97. The van der Waals surface area contributed by atoms with Gasteiger partial charge >= 0.3 is 0 Å². The molecule has 0 radical (unpaired) electrons. The number of halogens is 1. The number of hydrogen-bond acceptors (Lipinski definition) is 4. The van der Waals surface area contributed by atoms with Crippen LogP contribution in [0.4, 0.5) is 0 Å². The predicted molar refractivity (Wildman–Crippen MR) is 108 cm³/mol. The molecular formula is C21H27ClN4O2. The van der Waals surface area contributed by atoms with Gasteiger partial charge < -0.3 is 9.64 Å². The molecule has 0 bridgehead atoms. The van der Waals surface area contributed by atoms with Gasteiger partial charge in [0.1, 0.15) is 5.82 Å². The Balaban J connectivity index is 1.67. The van der Waals surface area contributed by atoms with Crippen molar-refractivity contribution < 1.29 is 9.53 Å². The molecule has 2 aliphatic rings. The van der Waals surface area contributed by atoms with E-state index in [0.717, 1.165) is 48.6 Å². The summed E-state index contributed by atoms with van der Waals surface area (Å²) in [6, 6.07) is 5.86. The zero-order valence-corrected chi connectivity index (χ0v) is 17.4. The van der Waals surface area contributed by atoms with Crippen molar-refractivity contribution >= 4 is 17.5 Å². The molecular weight excluding hydrogens is 376 g/mol. The van der Waals surface area contributed by atoms with Gasteiger partial charge in [0.2, 0.25) is 5.91 Å². The summed E-state index contributed by atoms with van der Waals surface area (Å²) in [6.45, 7) is 6.76. The largest absolute Gasteiger partial charge is 0.376 e. The molecule has 28 heavy (non-hydrogen) atoms. The van der Waals surface area contributed by atoms with E-state index in [2.05, 4.69) is 28.6 Å². The summed E-state index contributed by atoms with van der Waals surface area (Å²) in [4.78, 5) is 13.9. The molecule has 1 saturated carbocycles. The van der Waals surface area contributed by atoms with Gasteiger partial charge in [-0.05, 0) is 63.3 Å². The van der Waals surface area contributed by atoms with Gasteiger partial charge in [0.15, 0.2) is 5.82 Å². The minimum Gasteiger partial charge on any atom is -0.376 e. The summed E-state index contributed by atoms with van der Waals surface area (Å²) in [7, 11) is 0. The predicted octanol–water partition coefficient (Wildman–Crippen LogP) is 4.23. The summed E-state index contributed by atoms with van der Waals surface area (Å²) >= 11 is 6.25. The first-order chi connectivity index (χ1) is 13.4. The lowest BCUT2D eigenvalue weighted by molar-refractivity contribution is -0.130. The van der Waals surface area contributed by atoms with Crippen LogP contribution in [0.2, 0.25) is 5.02 Å². The SMILES string of the molecule is CC(=O)N1Cc2cc(Cl)ccc2-n2c(nnc2[C@H]2CC[C@H](OC(C)C)CC2)C1. The smallest absolute Gasteiger partial charge is 0.220 e. The van der Waals surface area contributed by atoms with Gasteiger partial charge in [-0.2, -0.15) is 0 Å². The van der Waals surface area contributed by atoms with Gasteiger partial charge in [0, 0.05) is 24.4 Å². The van der Waals surface area contributed by atoms with Crippen LogP contribution in [0.1, 0.15) is 69.6 Å². The second kappa shape index (κ2) is 7.84. The Hall–Kier alpha value is -1.92. The normalized spacial score (nSPS) is 22.0. The summed E-state index contributed by atoms with van der Waals surface area (Å²) in [5.41, 5.74) is 2.06. The van der Waals surface area contributed by atoms with E-state index in [9.17, 15) is 4.79 Å². The van der Waals surface area contributed by atoms with E-state index < -0.39 is 0 Å². The second-order valence-electron chi connectivity index (χ2n) is 8.12. The lowest BCUT2D eigenvalue weighted by atomic mass is 9.86. The first kappa shape index (κ1) is 19.4. The highest BCUT2D eigenvalue weighted by Crippen LogP contribution is 2.37. The van der Waals surface area contributed by atoms with Crippen LogP contribution in [0.3, 0.4) is 0 Å². The number of ether oxygens (including phenoxy) is 1. The number of fused-ring (bicyclic) bond motifs is 3.